The molecule has 0 heterocycles. The van der Waals surface area contributed by atoms with Crippen molar-refractivity contribution >= 4 is 33.5 Å². The maximum Gasteiger partial charge on any atom is 0.335 e. The summed E-state index contributed by atoms with van der Waals surface area (Å²) in [5.74, 6) is 0.270. The lowest BCUT2D eigenvalue weighted by molar-refractivity contribution is -0.111. The molecule has 0 saturated heterocycles. The number of rotatable bonds is 2. The summed E-state index contributed by atoms with van der Waals surface area (Å²) in [4.78, 5) is 21.5. The van der Waals surface area contributed by atoms with Gasteiger partial charge in [-0.2, -0.15) is 0 Å². The summed E-state index contributed by atoms with van der Waals surface area (Å²) in [6, 6.07) is 4.22. The van der Waals surface area contributed by atoms with E-state index in [1.54, 1.807) is 0 Å². The summed E-state index contributed by atoms with van der Waals surface area (Å²) in [5, 5.41) is 11.1. The van der Waals surface area contributed by atoms with Crippen LogP contribution in [0.5, 0.6) is 0 Å². The summed E-state index contributed by atoms with van der Waals surface area (Å²) in [6.45, 7) is 0. The zero-order chi connectivity index (χ0) is 11.4. The van der Waals surface area contributed by atoms with Crippen molar-refractivity contribution in [3.05, 3.63) is 28.2 Å². The first-order valence-corrected chi connectivity index (χ1v) is 4.64. The highest BCUT2D eigenvalue weighted by atomic mass is 79.9. The van der Waals surface area contributed by atoms with Gasteiger partial charge in [-0.3, -0.25) is 4.79 Å². The molecule has 1 aromatic rings. The van der Waals surface area contributed by atoms with Crippen LogP contribution in [-0.4, -0.2) is 17.0 Å². The molecule has 0 aliphatic carbocycles. The zero-order valence-electron chi connectivity index (χ0n) is 7.45. The molecule has 1 rings (SSSR count). The Morgan fingerprint density at radius 3 is 2.60 bits per heavy atom. The van der Waals surface area contributed by atoms with Crippen LogP contribution < -0.4 is 5.32 Å². The molecule has 5 heteroatoms. The molecule has 0 spiro atoms. The van der Waals surface area contributed by atoms with Gasteiger partial charge in [0.2, 0.25) is 0 Å². The Morgan fingerprint density at radius 1 is 1.47 bits per heavy atom. The van der Waals surface area contributed by atoms with Gasteiger partial charge < -0.3 is 10.4 Å². The fourth-order valence-corrected chi connectivity index (χ4v) is 1.39. The van der Waals surface area contributed by atoms with E-state index in [-0.39, 0.29) is 5.56 Å². The van der Waals surface area contributed by atoms with Crippen LogP contribution in [0.2, 0.25) is 0 Å². The van der Waals surface area contributed by atoms with E-state index in [0.29, 0.717) is 10.2 Å². The van der Waals surface area contributed by atoms with Gasteiger partial charge >= 0.3 is 5.97 Å². The number of aromatic carboxylic acids is 1. The lowest BCUT2D eigenvalue weighted by Crippen LogP contribution is -2.09. The number of amides is 1. The fourth-order valence-electron chi connectivity index (χ4n) is 0.908. The van der Waals surface area contributed by atoms with Gasteiger partial charge in [-0.15, -0.1) is 6.42 Å². The number of terminal acetylenes is 1. The van der Waals surface area contributed by atoms with Crippen molar-refractivity contribution in [1.29, 1.82) is 0 Å². The third-order valence-corrected chi connectivity index (χ3v) is 2.25. The van der Waals surface area contributed by atoms with Gasteiger partial charge in [0.05, 0.1) is 11.3 Å². The van der Waals surface area contributed by atoms with Crippen LogP contribution in [0.25, 0.3) is 0 Å². The molecule has 0 radical (unpaired) electrons. The van der Waals surface area contributed by atoms with E-state index in [1.165, 1.54) is 18.2 Å². The molecular formula is C10H6BrNO3. The molecule has 0 aromatic heterocycles. The van der Waals surface area contributed by atoms with Crippen molar-refractivity contribution in [3.63, 3.8) is 0 Å². The van der Waals surface area contributed by atoms with E-state index in [2.05, 4.69) is 21.2 Å². The second-order valence-electron chi connectivity index (χ2n) is 2.60. The molecule has 0 unspecified atom stereocenters. The minimum atomic E-state index is -1.04. The zero-order valence-corrected chi connectivity index (χ0v) is 9.04. The Balaban J connectivity index is 2.99. The van der Waals surface area contributed by atoms with Crippen LogP contribution in [0, 0.1) is 12.3 Å². The van der Waals surface area contributed by atoms with E-state index >= 15 is 0 Å². The first-order chi connectivity index (χ1) is 7.04. The monoisotopic (exact) mass is 267 g/mol. The van der Waals surface area contributed by atoms with Crippen molar-refractivity contribution in [1.82, 2.24) is 0 Å². The van der Waals surface area contributed by atoms with Gasteiger partial charge in [0.1, 0.15) is 0 Å². The minimum absolute atomic E-state index is 0.126. The first kappa shape index (κ1) is 11.3. The van der Waals surface area contributed by atoms with E-state index in [1.807, 2.05) is 5.92 Å². The van der Waals surface area contributed by atoms with Crippen molar-refractivity contribution in [2.45, 2.75) is 0 Å². The highest BCUT2D eigenvalue weighted by Gasteiger charge is 2.07. The number of carboxylic acids is 1. The third kappa shape index (κ3) is 2.82. The molecule has 76 valence electrons. The third-order valence-electron chi connectivity index (χ3n) is 1.60. The van der Waals surface area contributed by atoms with E-state index in [4.69, 9.17) is 11.5 Å². The number of benzene rings is 1. The molecule has 0 bridgehead atoms. The number of halogens is 1. The predicted molar refractivity (Wildman–Crippen MR) is 58.6 cm³/mol. The molecular weight excluding hydrogens is 262 g/mol. The van der Waals surface area contributed by atoms with Gasteiger partial charge in [0, 0.05) is 4.47 Å². The average molecular weight is 268 g/mol. The first-order valence-electron chi connectivity index (χ1n) is 3.85. The second kappa shape index (κ2) is 4.62. The molecule has 1 aromatic carbocycles. The van der Waals surface area contributed by atoms with Crippen molar-refractivity contribution in [2.24, 2.45) is 0 Å². The van der Waals surface area contributed by atoms with Crippen molar-refractivity contribution in [2.75, 3.05) is 5.32 Å². The van der Waals surface area contributed by atoms with Crippen molar-refractivity contribution in [3.8, 4) is 12.3 Å². The molecule has 15 heavy (non-hydrogen) atoms. The summed E-state index contributed by atoms with van der Waals surface area (Å²) >= 11 is 3.13. The maximum absolute atomic E-state index is 10.9. The van der Waals surface area contributed by atoms with Crippen LogP contribution in [0.1, 0.15) is 10.4 Å². The Hall–Kier alpha value is -1.80. The summed E-state index contributed by atoms with van der Waals surface area (Å²) in [6.07, 6.45) is 4.88. The summed E-state index contributed by atoms with van der Waals surface area (Å²) in [7, 11) is 0. The van der Waals surface area contributed by atoms with Crippen LogP contribution in [0.3, 0.4) is 0 Å². The molecule has 0 saturated carbocycles. The van der Waals surface area contributed by atoms with Crippen LogP contribution in [0.4, 0.5) is 5.69 Å². The molecule has 0 aliphatic heterocycles. The summed E-state index contributed by atoms with van der Waals surface area (Å²) < 4.78 is 0.464. The van der Waals surface area contributed by atoms with Gasteiger partial charge in [-0.1, -0.05) is 0 Å². The van der Waals surface area contributed by atoms with E-state index < -0.39 is 11.9 Å². The molecule has 0 atom stereocenters. The molecule has 4 nitrogen and oxygen atoms in total. The van der Waals surface area contributed by atoms with Crippen molar-refractivity contribution < 1.29 is 14.7 Å². The topological polar surface area (TPSA) is 66.4 Å². The van der Waals surface area contributed by atoms with Gasteiger partial charge in [-0.05, 0) is 40.0 Å². The average Bonchev–Trinajstić information content (AvgIpc) is 2.20. The number of carbonyl (C=O) groups is 2. The van der Waals surface area contributed by atoms with E-state index in [0.717, 1.165) is 0 Å². The number of anilines is 1. The lowest BCUT2D eigenvalue weighted by Gasteiger charge is -2.04. The minimum Gasteiger partial charge on any atom is -0.478 e. The van der Waals surface area contributed by atoms with Gasteiger partial charge in [0.25, 0.3) is 5.91 Å². The second-order valence-corrected chi connectivity index (χ2v) is 3.45. The standard InChI is InChI=1S/C10H6BrNO3/c1-2-9(13)12-8-4-3-6(10(14)15)5-7(8)11/h1,3-5H,(H,12,13)(H,14,15). The van der Waals surface area contributed by atoms with Crippen LogP contribution >= 0.6 is 15.9 Å². The Bertz CT molecular complexity index is 462. The highest BCUT2D eigenvalue weighted by molar-refractivity contribution is 9.10. The number of hydrogen-bond donors (Lipinski definition) is 2. The van der Waals surface area contributed by atoms with E-state index in [9.17, 15) is 9.59 Å². The van der Waals surface area contributed by atoms with Crippen LogP contribution in [0.15, 0.2) is 22.7 Å². The maximum atomic E-state index is 10.9. The number of hydrogen-bond acceptors (Lipinski definition) is 2. The largest absolute Gasteiger partial charge is 0.478 e. The smallest absolute Gasteiger partial charge is 0.335 e. The molecule has 1 amide bonds. The predicted octanol–water partition coefficient (Wildman–Crippen LogP) is 1.72. The van der Waals surface area contributed by atoms with Crippen LogP contribution in [-0.2, 0) is 4.79 Å². The lowest BCUT2D eigenvalue weighted by atomic mass is 10.2. The quantitative estimate of drug-likeness (QED) is 0.802. The number of carboxylic acid groups (broad SMARTS) is 1. The Morgan fingerprint density at radius 2 is 2.13 bits per heavy atom. The Kier molecular flexibility index (Phi) is 3.47. The summed E-state index contributed by atoms with van der Waals surface area (Å²) in [5.41, 5.74) is 0.559. The highest BCUT2D eigenvalue weighted by Crippen LogP contribution is 2.23. The molecule has 0 fully saturated rings. The SMILES string of the molecule is C#CC(=O)Nc1ccc(C(=O)O)cc1Br. The molecule has 2 N–H and O–H groups in total. The number of carbonyl (C=O) groups excluding carboxylic acids is 1. The normalized spacial score (nSPS) is 9.07. The Labute approximate surface area is 94.4 Å². The fraction of sp³-hybridized carbons (Fsp3) is 0. The van der Waals surface area contributed by atoms with Gasteiger partial charge in [-0.25, -0.2) is 4.79 Å². The number of nitrogens with one attached hydrogen (secondary N) is 1. The molecule has 0 aliphatic rings. The van der Waals surface area contributed by atoms with Gasteiger partial charge in [0.15, 0.2) is 0 Å².